The monoisotopic (exact) mass is 280 g/mol. The molecule has 0 saturated carbocycles. The van der Waals surface area contributed by atoms with Crippen LogP contribution in [0.2, 0.25) is 0 Å². The Morgan fingerprint density at radius 2 is 2.10 bits per heavy atom. The average molecular weight is 280 g/mol. The van der Waals surface area contributed by atoms with E-state index in [0.717, 1.165) is 11.4 Å². The summed E-state index contributed by atoms with van der Waals surface area (Å²) in [5.74, 6) is 5.13. The van der Waals surface area contributed by atoms with Crippen LogP contribution >= 0.6 is 0 Å². The van der Waals surface area contributed by atoms with Crippen molar-refractivity contribution in [2.45, 2.75) is 13.8 Å². The van der Waals surface area contributed by atoms with Crippen molar-refractivity contribution in [2.75, 3.05) is 11.9 Å². The van der Waals surface area contributed by atoms with Crippen LogP contribution in [0.4, 0.5) is 5.69 Å². The first-order valence-electron chi connectivity index (χ1n) is 6.55. The fraction of sp³-hybridized carbons (Fsp3) is 0.176. The van der Waals surface area contributed by atoms with Gasteiger partial charge in [-0.25, -0.2) is 0 Å². The molecule has 21 heavy (non-hydrogen) atoms. The van der Waals surface area contributed by atoms with Crippen LogP contribution < -0.4 is 5.32 Å². The van der Waals surface area contributed by atoms with Crippen LogP contribution in [-0.2, 0) is 0 Å². The van der Waals surface area contributed by atoms with Gasteiger partial charge in [-0.2, -0.15) is 0 Å². The number of carbonyl (C=O) groups is 1. The maximum Gasteiger partial charge on any atom is 0.255 e. The SMILES string of the molecule is Cc1ccc(NC(=O)c2cccc(C#CCO)c2)c(C)n1. The highest BCUT2D eigenvalue weighted by molar-refractivity contribution is 6.04. The van der Waals surface area contributed by atoms with Crippen LogP contribution in [0.5, 0.6) is 0 Å². The second-order valence-corrected chi connectivity index (χ2v) is 4.58. The molecule has 2 rings (SSSR count). The third-order valence-electron chi connectivity index (χ3n) is 2.91. The number of nitrogens with one attached hydrogen (secondary N) is 1. The molecule has 0 atom stereocenters. The third-order valence-corrected chi connectivity index (χ3v) is 2.91. The van der Waals surface area contributed by atoms with Crippen molar-refractivity contribution in [1.29, 1.82) is 0 Å². The van der Waals surface area contributed by atoms with E-state index in [1.807, 2.05) is 26.0 Å². The topological polar surface area (TPSA) is 62.2 Å². The molecule has 2 aromatic rings. The van der Waals surface area contributed by atoms with Gasteiger partial charge in [0.1, 0.15) is 6.61 Å². The fourth-order valence-corrected chi connectivity index (χ4v) is 1.89. The highest BCUT2D eigenvalue weighted by Crippen LogP contribution is 2.14. The van der Waals surface area contributed by atoms with Crippen molar-refractivity contribution in [2.24, 2.45) is 0 Å². The Hall–Kier alpha value is -2.64. The molecule has 0 aliphatic heterocycles. The Morgan fingerprint density at radius 3 is 2.81 bits per heavy atom. The third kappa shape index (κ3) is 3.91. The van der Waals surface area contributed by atoms with E-state index >= 15 is 0 Å². The predicted molar refractivity (Wildman–Crippen MR) is 82.1 cm³/mol. The standard InChI is InChI=1S/C17H16N2O2/c1-12-8-9-16(13(2)18-12)19-17(21)15-7-3-5-14(11-15)6-4-10-20/h3,5,7-9,11,20H,10H2,1-2H3,(H,19,21). The first-order chi connectivity index (χ1) is 10.1. The summed E-state index contributed by atoms with van der Waals surface area (Å²) < 4.78 is 0. The summed E-state index contributed by atoms with van der Waals surface area (Å²) in [6, 6.07) is 10.6. The number of aromatic nitrogens is 1. The number of aliphatic hydroxyl groups is 1. The quantitative estimate of drug-likeness (QED) is 0.830. The van der Waals surface area contributed by atoms with Crippen molar-refractivity contribution < 1.29 is 9.90 Å². The van der Waals surface area contributed by atoms with E-state index in [1.54, 1.807) is 24.3 Å². The van der Waals surface area contributed by atoms with Crippen molar-refractivity contribution in [1.82, 2.24) is 4.98 Å². The van der Waals surface area contributed by atoms with E-state index in [4.69, 9.17) is 5.11 Å². The zero-order valence-electron chi connectivity index (χ0n) is 12.0. The van der Waals surface area contributed by atoms with Gasteiger partial charge in [-0.3, -0.25) is 9.78 Å². The number of carbonyl (C=O) groups excluding carboxylic acids is 1. The summed E-state index contributed by atoms with van der Waals surface area (Å²) in [4.78, 5) is 16.6. The minimum atomic E-state index is -0.212. The van der Waals surface area contributed by atoms with Gasteiger partial charge in [0, 0.05) is 16.8 Å². The molecule has 4 nitrogen and oxygen atoms in total. The number of rotatable bonds is 2. The van der Waals surface area contributed by atoms with Crippen LogP contribution in [0.1, 0.15) is 27.3 Å². The summed E-state index contributed by atoms with van der Waals surface area (Å²) in [6.07, 6.45) is 0. The number of aryl methyl sites for hydroxylation is 2. The minimum absolute atomic E-state index is 0.204. The number of hydrogen-bond donors (Lipinski definition) is 2. The molecule has 1 heterocycles. The van der Waals surface area contributed by atoms with E-state index in [1.165, 1.54) is 0 Å². The first-order valence-corrected chi connectivity index (χ1v) is 6.55. The van der Waals surface area contributed by atoms with Gasteiger partial charge in [-0.15, -0.1) is 0 Å². The second-order valence-electron chi connectivity index (χ2n) is 4.58. The molecular weight excluding hydrogens is 264 g/mol. The molecule has 0 aliphatic rings. The summed E-state index contributed by atoms with van der Waals surface area (Å²) >= 11 is 0. The summed E-state index contributed by atoms with van der Waals surface area (Å²) in [7, 11) is 0. The largest absolute Gasteiger partial charge is 0.384 e. The Morgan fingerprint density at radius 1 is 1.29 bits per heavy atom. The average Bonchev–Trinajstić information content (AvgIpc) is 2.48. The molecule has 0 bridgehead atoms. The molecule has 0 aliphatic carbocycles. The van der Waals surface area contributed by atoms with Gasteiger partial charge in [0.05, 0.1) is 11.4 Å². The van der Waals surface area contributed by atoms with Gasteiger partial charge in [0.25, 0.3) is 5.91 Å². The Labute approximate surface area is 123 Å². The van der Waals surface area contributed by atoms with Crippen LogP contribution in [0, 0.1) is 25.7 Å². The lowest BCUT2D eigenvalue weighted by atomic mass is 10.1. The molecule has 2 N–H and O–H groups in total. The zero-order valence-corrected chi connectivity index (χ0v) is 12.0. The van der Waals surface area contributed by atoms with Crippen molar-refractivity contribution in [3.8, 4) is 11.8 Å². The molecular formula is C17H16N2O2. The lowest BCUT2D eigenvalue weighted by Gasteiger charge is -2.08. The van der Waals surface area contributed by atoms with E-state index < -0.39 is 0 Å². The fourth-order valence-electron chi connectivity index (χ4n) is 1.89. The van der Waals surface area contributed by atoms with Gasteiger partial charge >= 0.3 is 0 Å². The lowest BCUT2D eigenvalue weighted by Crippen LogP contribution is -2.13. The Balaban J connectivity index is 2.20. The molecule has 1 aromatic carbocycles. The number of pyridine rings is 1. The van der Waals surface area contributed by atoms with Gasteiger partial charge in [-0.05, 0) is 44.2 Å². The van der Waals surface area contributed by atoms with Crippen molar-refractivity contribution in [3.63, 3.8) is 0 Å². The maximum atomic E-state index is 12.2. The number of nitrogens with zero attached hydrogens (tertiary/aromatic N) is 1. The smallest absolute Gasteiger partial charge is 0.255 e. The lowest BCUT2D eigenvalue weighted by molar-refractivity contribution is 0.102. The highest BCUT2D eigenvalue weighted by atomic mass is 16.2. The number of aliphatic hydroxyl groups excluding tert-OH is 1. The Bertz CT molecular complexity index is 727. The van der Waals surface area contributed by atoms with E-state index in [0.29, 0.717) is 16.8 Å². The van der Waals surface area contributed by atoms with Crippen molar-refractivity contribution in [3.05, 3.63) is 58.9 Å². The summed E-state index contributed by atoms with van der Waals surface area (Å²) in [5.41, 5.74) is 3.58. The minimum Gasteiger partial charge on any atom is -0.384 e. The van der Waals surface area contributed by atoms with Gasteiger partial charge < -0.3 is 10.4 Å². The van der Waals surface area contributed by atoms with E-state index in [9.17, 15) is 4.79 Å². The van der Waals surface area contributed by atoms with E-state index in [-0.39, 0.29) is 12.5 Å². The summed E-state index contributed by atoms with van der Waals surface area (Å²) in [6.45, 7) is 3.55. The molecule has 0 fully saturated rings. The van der Waals surface area contributed by atoms with Crippen LogP contribution in [0.25, 0.3) is 0 Å². The van der Waals surface area contributed by atoms with Crippen LogP contribution in [0.15, 0.2) is 36.4 Å². The van der Waals surface area contributed by atoms with Gasteiger partial charge in [0.2, 0.25) is 0 Å². The molecule has 0 saturated heterocycles. The highest BCUT2D eigenvalue weighted by Gasteiger charge is 2.08. The molecule has 0 spiro atoms. The summed E-state index contributed by atoms with van der Waals surface area (Å²) in [5, 5.41) is 11.5. The van der Waals surface area contributed by atoms with Crippen LogP contribution in [0.3, 0.4) is 0 Å². The van der Waals surface area contributed by atoms with Crippen LogP contribution in [-0.4, -0.2) is 22.6 Å². The molecule has 106 valence electrons. The Kier molecular flexibility index (Phi) is 4.70. The molecule has 1 amide bonds. The molecule has 4 heteroatoms. The molecule has 0 radical (unpaired) electrons. The number of benzene rings is 1. The zero-order chi connectivity index (χ0) is 15.2. The molecule has 0 unspecified atom stereocenters. The number of amides is 1. The van der Waals surface area contributed by atoms with Gasteiger partial charge in [-0.1, -0.05) is 17.9 Å². The number of anilines is 1. The number of hydrogen-bond acceptors (Lipinski definition) is 3. The van der Waals surface area contributed by atoms with Gasteiger partial charge in [0.15, 0.2) is 0 Å². The second kappa shape index (κ2) is 6.69. The normalized spacial score (nSPS) is 9.67. The first kappa shape index (κ1) is 14.8. The van der Waals surface area contributed by atoms with Crippen molar-refractivity contribution >= 4 is 11.6 Å². The maximum absolute atomic E-state index is 12.2. The van der Waals surface area contributed by atoms with E-state index in [2.05, 4.69) is 22.1 Å². The predicted octanol–water partition coefficient (Wildman–Crippen LogP) is 2.29. The molecule has 1 aromatic heterocycles.